The van der Waals surface area contributed by atoms with Gasteiger partial charge in [0, 0.05) is 0 Å². The lowest BCUT2D eigenvalue weighted by Crippen LogP contribution is -2.46. The van der Waals surface area contributed by atoms with Crippen LogP contribution < -0.4 is 10.6 Å². The van der Waals surface area contributed by atoms with E-state index in [1.807, 2.05) is 0 Å². The Morgan fingerprint density at radius 2 is 2.07 bits per heavy atom. The van der Waals surface area contributed by atoms with Crippen molar-refractivity contribution in [2.75, 3.05) is 19.7 Å². The maximum atomic E-state index is 11.2. The highest BCUT2D eigenvalue weighted by molar-refractivity contribution is 5.84. The summed E-state index contributed by atoms with van der Waals surface area (Å²) >= 11 is 0. The standard InChI is InChI=1S/C9H16N2O4/c12-5-7(9(14)15)11-8(13)4-10-3-6-1-2-6/h6-7,10,12H,1-5H2,(H,11,13)(H,14,15)/t7-/m0/s1. The molecule has 0 aromatic carbocycles. The topological polar surface area (TPSA) is 98.7 Å². The normalized spacial score (nSPS) is 17.1. The number of carbonyl (C=O) groups excluding carboxylic acids is 1. The molecule has 0 bridgehead atoms. The van der Waals surface area contributed by atoms with Crippen LogP contribution in [-0.2, 0) is 9.59 Å². The Balaban J connectivity index is 2.12. The van der Waals surface area contributed by atoms with Crippen LogP contribution in [0.1, 0.15) is 12.8 Å². The van der Waals surface area contributed by atoms with Crippen LogP contribution in [0.4, 0.5) is 0 Å². The average Bonchev–Trinajstić information content (AvgIpc) is 2.97. The van der Waals surface area contributed by atoms with Crippen LogP contribution in [0.3, 0.4) is 0 Å². The number of aliphatic carboxylic acids is 1. The summed E-state index contributed by atoms with van der Waals surface area (Å²) in [7, 11) is 0. The number of carboxylic acid groups (broad SMARTS) is 1. The average molecular weight is 216 g/mol. The molecule has 0 saturated heterocycles. The second-order valence-corrected chi connectivity index (χ2v) is 3.72. The summed E-state index contributed by atoms with van der Waals surface area (Å²) in [6, 6.07) is -1.21. The molecule has 0 aromatic heterocycles. The molecule has 0 aromatic rings. The van der Waals surface area contributed by atoms with Gasteiger partial charge in [0.25, 0.3) is 0 Å². The van der Waals surface area contributed by atoms with Crippen LogP contribution >= 0.6 is 0 Å². The van der Waals surface area contributed by atoms with Crippen molar-refractivity contribution < 1.29 is 19.8 Å². The fourth-order valence-electron chi connectivity index (χ4n) is 1.14. The number of rotatable bonds is 7. The van der Waals surface area contributed by atoms with Crippen LogP contribution in [0.2, 0.25) is 0 Å². The van der Waals surface area contributed by atoms with Crippen LogP contribution in [0.15, 0.2) is 0 Å². The van der Waals surface area contributed by atoms with Crippen molar-refractivity contribution in [2.24, 2.45) is 5.92 Å². The van der Waals surface area contributed by atoms with Gasteiger partial charge in [0.1, 0.15) is 6.04 Å². The third-order valence-corrected chi connectivity index (χ3v) is 2.23. The van der Waals surface area contributed by atoms with Crippen molar-refractivity contribution in [3.8, 4) is 0 Å². The Morgan fingerprint density at radius 3 is 2.53 bits per heavy atom. The summed E-state index contributed by atoms with van der Waals surface area (Å²) in [6.45, 7) is 0.300. The highest BCUT2D eigenvalue weighted by Crippen LogP contribution is 2.27. The van der Waals surface area contributed by atoms with Gasteiger partial charge in [-0.05, 0) is 25.3 Å². The predicted molar refractivity (Wildman–Crippen MR) is 52.2 cm³/mol. The number of hydrogen-bond donors (Lipinski definition) is 4. The van der Waals surface area contributed by atoms with E-state index >= 15 is 0 Å². The fourth-order valence-corrected chi connectivity index (χ4v) is 1.14. The summed E-state index contributed by atoms with van der Waals surface area (Å²) < 4.78 is 0. The van der Waals surface area contributed by atoms with Gasteiger partial charge in [-0.25, -0.2) is 4.79 Å². The Labute approximate surface area is 87.7 Å². The molecular weight excluding hydrogens is 200 g/mol. The SMILES string of the molecule is O=C(CNCC1CC1)N[C@@H](CO)C(=O)O. The van der Waals surface area contributed by atoms with Gasteiger partial charge in [-0.1, -0.05) is 0 Å². The zero-order valence-corrected chi connectivity index (χ0v) is 8.40. The maximum absolute atomic E-state index is 11.2. The third kappa shape index (κ3) is 4.75. The molecule has 6 heteroatoms. The monoisotopic (exact) mass is 216 g/mol. The fraction of sp³-hybridized carbons (Fsp3) is 0.778. The number of aliphatic hydroxyl groups excluding tert-OH is 1. The van der Waals surface area contributed by atoms with Crippen LogP contribution in [0.25, 0.3) is 0 Å². The van der Waals surface area contributed by atoms with E-state index in [-0.39, 0.29) is 6.54 Å². The quantitative estimate of drug-likeness (QED) is 0.417. The minimum absolute atomic E-state index is 0.0975. The van der Waals surface area contributed by atoms with E-state index in [0.717, 1.165) is 6.54 Å². The number of nitrogens with one attached hydrogen (secondary N) is 2. The molecule has 0 unspecified atom stereocenters. The second kappa shape index (κ2) is 5.67. The zero-order chi connectivity index (χ0) is 11.3. The van der Waals surface area contributed by atoms with Gasteiger partial charge >= 0.3 is 5.97 Å². The Morgan fingerprint density at radius 1 is 1.40 bits per heavy atom. The predicted octanol–water partition coefficient (Wildman–Crippen LogP) is -1.45. The zero-order valence-electron chi connectivity index (χ0n) is 8.40. The lowest BCUT2D eigenvalue weighted by Gasteiger charge is -2.11. The maximum Gasteiger partial charge on any atom is 0.328 e. The molecule has 1 amide bonds. The van der Waals surface area contributed by atoms with Gasteiger partial charge in [-0.2, -0.15) is 0 Å². The molecule has 1 saturated carbocycles. The van der Waals surface area contributed by atoms with Crippen molar-refractivity contribution in [3.05, 3.63) is 0 Å². The molecule has 1 atom stereocenters. The van der Waals surface area contributed by atoms with E-state index in [1.54, 1.807) is 0 Å². The molecule has 0 spiro atoms. The van der Waals surface area contributed by atoms with E-state index in [0.29, 0.717) is 5.92 Å². The van der Waals surface area contributed by atoms with Gasteiger partial charge < -0.3 is 20.8 Å². The molecule has 15 heavy (non-hydrogen) atoms. The summed E-state index contributed by atoms with van der Waals surface area (Å²) in [4.78, 5) is 21.6. The van der Waals surface area contributed by atoms with Gasteiger partial charge in [-0.3, -0.25) is 4.79 Å². The molecular formula is C9H16N2O4. The first-order valence-electron chi connectivity index (χ1n) is 4.97. The van der Waals surface area contributed by atoms with Crippen molar-refractivity contribution in [1.82, 2.24) is 10.6 Å². The second-order valence-electron chi connectivity index (χ2n) is 3.72. The molecule has 4 N–H and O–H groups in total. The summed E-state index contributed by atoms with van der Waals surface area (Å²) in [5.41, 5.74) is 0. The number of carbonyl (C=O) groups is 2. The first-order chi connectivity index (χ1) is 7.13. The molecule has 0 heterocycles. The smallest absolute Gasteiger partial charge is 0.328 e. The third-order valence-electron chi connectivity index (χ3n) is 2.23. The number of carboxylic acids is 1. The first-order valence-corrected chi connectivity index (χ1v) is 4.97. The molecule has 1 aliphatic carbocycles. The molecule has 0 aliphatic heterocycles. The summed E-state index contributed by atoms with van der Waals surface area (Å²) in [6.07, 6.45) is 2.39. The highest BCUT2D eigenvalue weighted by Gasteiger charge is 2.21. The van der Waals surface area contributed by atoms with Crippen molar-refractivity contribution in [3.63, 3.8) is 0 Å². The van der Waals surface area contributed by atoms with Crippen LogP contribution in [0, 0.1) is 5.92 Å². The largest absolute Gasteiger partial charge is 0.480 e. The Hall–Kier alpha value is -1.14. The number of aliphatic hydroxyl groups is 1. The van der Waals surface area contributed by atoms with E-state index in [1.165, 1.54) is 12.8 Å². The lowest BCUT2D eigenvalue weighted by molar-refractivity contribution is -0.142. The Kier molecular flexibility index (Phi) is 4.51. The molecule has 86 valence electrons. The molecule has 6 nitrogen and oxygen atoms in total. The van der Waals surface area contributed by atoms with E-state index in [4.69, 9.17) is 10.2 Å². The van der Waals surface area contributed by atoms with Crippen LogP contribution in [-0.4, -0.2) is 47.8 Å². The van der Waals surface area contributed by atoms with Gasteiger partial charge in [-0.15, -0.1) is 0 Å². The van der Waals surface area contributed by atoms with E-state index in [9.17, 15) is 9.59 Å². The van der Waals surface area contributed by atoms with Crippen molar-refractivity contribution >= 4 is 11.9 Å². The first kappa shape index (κ1) is 11.9. The van der Waals surface area contributed by atoms with E-state index < -0.39 is 24.5 Å². The molecule has 1 rings (SSSR count). The highest BCUT2D eigenvalue weighted by atomic mass is 16.4. The minimum Gasteiger partial charge on any atom is -0.480 e. The number of hydrogen-bond acceptors (Lipinski definition) is 4. The minimum atomic E-state index is -1.23. The summed E-state index contributed by atoms with van der Waals surface area (Å²) in [5.74, 6) is -0.962. The molecule has 1 fully saturated rings. The van der Waals surface area contributed by atoms with E-state index in [2.05, 4.69) is 10.6 Å². The lowest BCUT2D eigenvalue weighted by atomic mass is 10.3. The van der Waals surface area contributed by atoms with Crippen LogP contribution in [0.5, 0.6) is 0 Å². The van der Waals surface area contributed by atoms with Crippen molar-refractivity contribution in [2.45, 2.75) is 18.9 Å². The Bertz CT molecular complexity index is 240. The van der Waals surface area contributed by atoms with Gasteiger partial charge in [0.15, 0.2) is 0 Å². The van der Waals surface area contributed by atoms with Gasteiger partial charge in [0.05, 0.1) is 13.2 Å². The number of amides is 1. The van der Waals surface area contributed by atoms with Crippen molar-refractivity contribution in [1.29, 1.82) is 0 Å². The molecule has 1 aliphatic rings. The van der Waals surface area contributed by atoms with Gasteiger partial charge in [0.2, 0.25) is 5.91 Å². The molecule has 0 radical (unpaired) electrons. The summed E-state index contributed by atoms with van der Waals surface area (Å²) in [5, 5.41) is 22.3.